The predicted octanol–water partition coefficient (Wildman–Crippen LogP) is 1.74. The zero-order valence-electron chi connectivity index (χ0n) is 9.49. The second kappa shape index (κ2) is 15.0. The van der Waals surface area contributed by atoms with Gasteiger partial charge < -0.3 is 14.9 Å². The minimum absolute atomic E-state index is 0.00110. The van der Waals surface area contributed by atoms with Gasteiger partial charge in [-0.1, -0.05) is 6.42 Å². The fourth-order valence-corrected chi connectivity index (χ4v) is 1.21. The van der Waals surface area contributed by atoms with Crippen LogP contribution in [0.5, 0.6) is 0 Å². The van der Waals surface area contributed by atoms with Crippen LogP contribution >= 0.6 is 23.2 Å². The van der Waals surface area contributed by atoms with E-state index in [1.165, 1.54) is 7.11 Å². The Kier molecular flexibility index (Phi) is 17.2. The average Bonchev–Trinajstić information content (AvgIpc) is 2.28. The summed E-state index contributed by atoms with van der Waals surface area (Å²) in [5.41, 5.74) is 0. The Morgan fingerprint density at radius 3 is 2.12 bits per heavy atom. The highest BCUT2D eigenvalue weighted by atomic mass is 35.5. The van der Waals surface area contributed by atoms with Gasteiger partial charge in [-0.2, -0.15) is 0 Å². The lowest BCUT2D eigenvalue weighted by Gasteiger charge is -2.12. The maximum Gasteiger partial charge on any atom is 0.308 e. The Balaban J connectivity index is 0. The van der Waals surface area contributed by atoms with Crippen molar-refractivity contribution < 1.29 is 19.7 Å². The van der Waals surface area contributed by atoms with Gasteiger partial charge in [0.05, 0.1) is 18.4 Å². The zero-order chi connectivity index (χ0) is 12.8. The molecule has 6 heteroatoms. The molecule has 4 nitrogen and oxygen atoms in total. The number of carbonyl (C=O) groups excluding carboxylic acids is 1. The molecule has 2 N–H and O–H groups in total. The average molecular weight is 275 g/mol. The highest BCUT2D eigenvalue weighted by Gasteiger charge is 2.17. The summed E-state index contributed by atoms with van der Waals surface area (Å²) in [6.07, 6.45) is 2.60. The molecule has 1 atom stereocenters. The van der Waals surface area contributed by atoms with E-state index in [1.54, 1.807) is 0 Å². The standard InChI is InChI=1S/C9H18O4.CH2Cl2/c1-13-9(12)8(5-7-11)4-2-3-6-10;2-1-3/h8,10-11H,2-7H2,1H3;1H2. The quantitative estimate of drug-likeness (QED) is 0.422. The summed E-state index contributed by atoms with van der Waals surface area (Å²) in [5, 5.41) is 17.4. The van der Waals surface area contributed by atoms with Gasteiger partial charge in [0, 0.05) is 13.2 Å². The minimum atomic E-state index is -0.271. The molecule has 0 aromatic rings. The minimum Gasteiger partial charge on any atom is -0.469 e. The van der Waals surface area contributed by atoms with Crippen LogP contribution in [0.15, 0.2) is 0 Å². The van der Waals surface area contributed by atoms with Gasteiger partial charge >= 0.3 is 5.97 Å². The number of alkyl halides is 2. The Morgan fingerprint density at radius 1 is 1.19 bits per heavy atom. The third-order valence-corrected chi connectivity index (χ3v) is 1.97. The first-order valence-electron chi connectivity index (χ1n) is 5.09. The van der Waals surface area contributed by atoms with Crippen molar-refractivity contribution in [2.45, 2.75) is 25.7 Å². The second-order valence-electron chi connectivity index (χ2n) is 3.05. The van der Waals surface area contributed by atoms with Crippen LogP contribution in [-0.4, -0.2) is 41.8 Å². The summed E-state index contributed by atoms with van der Waals surface area (Å²) in [6.45, 7) is 0.145. The maximum absolute atomic E-state index is 11.1. The molecule has 0 radical (unpaired) electrons. The van der Waals surface area contributed by atoms with E-state index in [-0.39, 0.29) is 30.4 Å². The van der Waals surface area contributed by atoms with Crippen molar-refractivity contribution >= 4 is 29.2 Å². The van der Waals surface area contributed by atoms with Gasteiger partial charge in [0.15, 0.2) is 0 Å². The van der Waals surface area contributed by atoms with Crippen molar-refractivity contribution in [2.75, 3.05) is 25.7 Å². The number of aliphatic hydroxyl groups excluding tert-OH is 2. The van der Waals surface area contributed by atoms with Gasteiger partial charge in [-0.15, -0.1) is 23.2 Å². The van der Waals surface area contributed by atoms with Crippen LogP contribution < -0.4 is 0 Å². The molecule has 0 aromatic carbocycles. The SMILES string of the molecule is COC(=O)C(CCO)CCCCO.ClCCl. The molecular weight excluding hydrogens is 255 g/mol. The maximum atomic E-state index is 11.1. The van der Waals surface area contributed by atoms with Crippen molar-refractivity contribution in [1.29, 1.82) is 0 Å². The number of carbonyl (C=O) groups is 1. The van der Waals surface area contributed by atoms with Crippen molar-refractivity contribution in [3.05, 3.63) is 0 Å². The molecule has 0 fully saturated rings. The lowest BCUT2D eigenvalue weighted by molar-refractivity contribution is -0.146. The molecule has 16 heavy (non-hydrogen) atoms. The molecule has 0 aliphatic heterocycles. The molecule has 0 aromatic heterocycles. The highest BCUT2D eigenvalue weighted by molar-refractivity contribution is 6.40. The van der Waals surface area contributed by atoms with Crippen LogP contribution in [0.1, 0.15) is 25.7 Å². The van der Waals surface area contributed by atoms with E-state index in [9.17, 15) is 4.79 Å². The number of methoxy groups -OCH3 is 1. The van der Waals surface area contributed by atoms with Gasteiger partial charge in [0.25, 0.3) is 0 Å². The molecular formula is C10H20Cl2O4. The first-order valence-corrected chi connectivity index (χ1v) is 6.16. The number of hydrogen-bond donors (Lipinski definition) is 2. The number of unbranched alkanes of at least 4 members (excludes halogenated alkanes) is 1. The Morgan fingerprint density at radius 2 is 1.75 bits per heavy atom. The van der Waals surface area contributed by atoms with E-state index in [0.29, 0.717) is 19.3 Å². The van der Waals surface area contributed by atoms with Crippen molar-refractivity contribution in [3.63, 3.8) is 0 Å². The summed E-state index contributed by atoms with van der Waals surface area (Å²) >= 11 is 9.53. The number of rotatable bonds is 7. The molecule has 1 unspecified atom stereocenters. The van der Waals surface area contributed by atoms with Gasteiger partial charge in [0.1, 0.15) is 0 Å². The van der Waals surface area contributed by atoms with E-state index >= 15 is 0 Å². The van der Waals surface area contributed by atoms with Crippen LogP contribution in [0.3, 0.4) is 0 Å². The Labute approximate surface area is 106 Å². The zero-order valence-corrected chi connectivity index (χ0v) is 11.0. The van der Waals surface area contributed by atoms with Crippen molar-refractivity contribution in [1.82, 2.24) is 0 Å². The topological polar surface area (TPSA) is 66.8 Å². The number of aliphatic hydroxyl groups is 2. The molecule has 98 valence electrons. The normalized spacial score (nSPS) is 11.3. The first-order chi connectivity index (χ1) is 7.67. The second-order valence-corrected chi connectivity index (χ2v) is 3.86. The van der Waals surface area contributed by atoms with Gasteiger partial charge in [-0.05, 0) is 19.3 Å². The molecule has 0 saturated carbocycles. The lowest BCUT2D eigenvalue weighted by Crippen LogP contribution is -2.17. The fraction of sp³-hybridized carbons (Fsp3) is 0.900. The number of hydrogen-bond acceptors (Lipinski definition) is 4. The third kappa shape index (κ3) is 12.0. The van der Waals surface area contributed by atoms with Gasteiger partial charge in [-0.25, -0.2) is 0 Å². The van der Waals surface area contributed by atoms with E-state index in [2.05, 4.69) is 4.74 Å². The summed E-state index contributed by atoms with van der Waals surface area (Å²) in [4.78, 5) is 11.1. The smallest absolute Gasteiger partial charge is 0.308 e. The first kappa shape index (κ1) is 18.3. The Bertz CT molecular complexity index is 156. The molecule has 0 aliphatic carbocycles. The van der Waals surface area contributed by atoms with Crippen LogP contribution in [0, 0.1) is 5.92 Å². The van der Waals surface area contributed by atoms with E-state index < -0.39 is 0 Å². The summed E-state index contributed by atoms with van der Waals surface area (Å²) in [5.74, 6) is -0.492. The molecule has 0 saturated heterocycles. The van der Waals surface area contributed by atoms with Crippen LogP contribution in [0.4, 0.5) is 0 Å². The number of halogens is 2. The monoisotopic (exact) mass is 274 g/mol. The predicted molar refractivity (Wildman–Crippen MR) is 64.7 cm³/mol. The summed E-state index contributed by atoms with van der Waals surface area (Å²) in [7, 11) is 1.35. The van der Waals surface area contributed by atoms with Crippen LogP contribution in [-0.2, 0) is 9.53 Å². The lowest BCUT2D eigenvalue weighted by atomic mass is 9.99. The molecule has 0 bridgehead atoms. The largest absolute Gasteiger partial charge is 0.469 e. The number of esters is 1. The molecule has 0 amide bonds. The van der Waals surface area contributed by atoms with E-state index in [0.717, 1.165) is 6.42 Å². The van der Waals surface area contributed by atoms with Gasteiger partial charge in [0.2, 0.25) is 0 Å². The fourth-order valence-electron chi connectivity index (χ4n) is 1.21. The van der Waals surface area contributed by atoms with E-state index in [1.807, 2.05) is 0 Å². The summed E-state index contributed by atoms with van der Waals surface area (Å²) in [6, 6.07) is 0. The van der Waals surface area contributed by atoms with Gasteiger partial charge in [-0.3, -0.25) is 4.79 Å². The Hall–Kier alpha value is -0.0300. The van der Waals surface area contributed by atoms with E-state index in [4.69, 9.17) is 33.4 Å². The van der Waals surface area contributed by atoms with Crippen LogP contribution in [0.25, 0.3) is 0 Å². The molecule has 0 spiro atoms. The molecule has 0 heterocycles. The number of ether oxygens (including phenoxy) is 1. The van der Waals surface area contributed by atoms with Crippen LogP contribution in [0.2, 0.25) is 0 Å². The third-order valence-electron chi connectivity index (χ3n) is 1.97. The molecule has 0 aliphatic rings. The van der Waals surface area contributed by atoms with Crippen molar-refractivity contribution in [2.24, 2.45) is 5.92 Å². The molecule has 0 rings (SSSR count). The highest BCUT2D eigenvalue weighted by Crippen LogP contribution is 2.13. The van der Waals surface area contributed by atoms with Crippen molar-refractivity contribution in [3.8, 4) is 0 Å². The summed E-state index contributed by atoms with van der Waals surface area (Å²) < 4.78 is 4.58.